The zero-order chi connectivity index (χ0) is 7.33. The second kappa shape index (κ2) is 3.85. The van der Waals surface area contributed by atoms with E-state index in [1.54, 1.807) is 0 Å². The van der Waals surface area contributed by atoms with E-state index < -0.39 is 0 Å². The van der Waals surface area contributed by atoms with Gasteiger partial charge < -0.3 is 11.1 Å². The average molecular weight is 130 g/mol. The largest absolute Gasteiger partial charge is 0.326 e. The van der Waals surface area contributed by atoms with E-state index in [-0.39, 0.29) is 5.54 Å². The minimum absolute atomic E-state index is 0.0108. The molecule has 2 nitrogen and oxygen atoms in total. The number of rotatable bonds is 4. The smallest absolute Gasteiger partial charge is 0.00975 e. The van der Waals surface area contributed by atoms with E-state index in [1.165, 1.54) is 6.42 Å². The molecule has 56 valence electrons. The van der Waals surface area contributed by atoms with E-state index in [2.05, 4.69) is 19.2 Å². The summed E-state index contributed by atoms with van der Waals surface area (Å²) in [4.78, 5) is 0. The van der Waals surface area contributed by atoms with Gasteiger partial charge in [-0.3, -0.25) is 0 Å². The van der Waals surface area contributed by atoms with E-state index in [4.69, 9.17) is 5.73 Å². The first kappa shape index (κ1) is 8.92. The van der Waals surface area contributed by atoms with Crippen molar-refractivity contribution in [3.8, 4) is 0 Å². The highest BCUT2D eigenvalue weighted by Gasteiger charge is 2.08. The van der Waals surface area contributed by atoms with Crippen LogP contribution in [0.2, 0.25) is 0 Å². The van der Waals surface area contributed by atoms with Gasteiger partial charge in [-0.05, 0) is 40.3 Å². The maximum Gasteiger partial charge on any atom is 0.00975 e. The molecule has 0 heterocycles. The maximum absolute atomic E-state index is 5.75. The summed E-state index contributed by atoms with van der Waals surface area (Å²) in [5, 5.41) is 3.08. The molecule has 3 N–H and O–H groups in total. The zero-order valence-corrected chi connectivity index (χ0v) is 6.70. The molecule has 0 aliphatic carbocycles. The molecule has 0 saturated heterocycles. The Hall–Kier alpha value is -0.0800. The number of nitrogens with one attached hydrogen (secondary N) is 1. The summed E-state index contributed by atoms with van der Waals surface area (Å²) in [7, 11) is 1.96. The molecule has 0 unspecified atom stereocenters. The normalized spacial score (nSPS) is 12.0. The van der Waals surface area contributed by atoms with Crippen molar-refractivity contribution in [3.63, 3.8) is 0 Å². The van der Waals surface area contributed by atoms with Crippen LogP contribution in [0.5, 0.6) is 0 Å². The lowest BCUT2D eigenvalue weighted by Crippen LogP contribution is -2.32. The van der Waals surface area contributed by atoms with Crippen LogP contribution in [0.3, 0.4) is 0 Å². The molecule has 0 aromatic rings. The molecule has 9 heavy (non-hydrogen) atoms. The average Bonchev–Trinajstić information content (AvgIpc) is 1.63. The van der Waals surface area contributed by atoms with Crippen molar-refractivity contribution in [1.82, 2.24) is 5.32 Å². The lowest BCUT2D eigenvalue weighted by molar-refractivity contribution is 0.454. The molecule has 0 spiro atoms. The Kier molecular flexibility index (Phi) is 3.82. The lowest BCUT2D eigenvalue weighted by Gasteiger charge is -2.17. The zero-order valence-electron chi connectivity index (χ0n) is 6.70. The molecule has 0 aromatic heterocycles. The molecule has 0 aliphatic rings. The van der Waals surface area contributed by atoms with Gasteiger partial charge in [0.05, 0.1) is 0 Å². The molecule has 0 radical (unpaired) electrons. The van der Waals surface area contributed by atoms with Gasteiger partial charge in [0.15, 0.2) is 0 Å². The number of hydrogen-bond donors (Lipinski definition) is 2. The molecule has 0 amide bonds. The van der Waals surface area contributed by atoms with Crippen molar-refractivity contribution in [2.75, 3.05) is 13.6 Å². The predicted octanol–water partition coefficient (Wildman–Crippen LogP) is 0.723. The highest BCUT2D eigenvalue weighted by Crippen LogP contribution is 2.05. The van der Waals surface area contributed by atoms with Gasteiger partial charge >= 0.3 is 0 Å². The Morgan fingerprint density at radius 2 is 2.00 bits per heavy atom. The third kappa shape index (κ3) is 7.92. The molecular formula is C7H18N2. The van der Waals surface area contributed by atoms with Gasteiger partial charge in [0.2, 0.25) is 0 Å². The van der Waals surface area contributed by atoms with Crippen LogP contribution in [0, 0.1) is 0 Å². The summed E-state index contributed by atoms with van der Waals surface area (Å²) < 4.78 is 0. The van der Waals surface area contributed by atoms with Gasteiger partial charge in [0.25, 0.3) is 0 Å². The summed E-state index contributed by atoms with van der Waals surface area (Å²) in [5.74, 6) is 0. The Morgan fingerprint density at radius 1 is 1.44 bits per heavy atom. The first-order valence-corrected chi connectivity index (χ1v) is 3.50. The van der Waals surface area contributed by atoms with Crippen LogP contribution < -0.4 is 11.1 Å². The van der Waals surface area contributed by atoms with Crippen LogP contribution in [-0.2, 0) is 0 Å². The number of hydrogen-bond acceptors (Lipinski definition) is 2. The van der Waals surface area contributed by atoms with Crippen LogP contribution in [0.1, 0.15) is 26.7 Å². The van der Waals surface area contributed by atoms with Crippen molar-refractivity contribution in [1.29, 1.82) is 0 Å². The van der Waals surface area contributed by atoms with E-state index in [0.29, 0.717) is 0 Å². The van der Waals surface area contributed by atoms with Crippen LogP contribution in [0.25, 0.3) is 0 Å². The van der Waals surface area contributed by atoms with E-state index in [9.17, 15) is 0 Å². The molecule has 2 heteroatoms. The Balaban J connectivity index is 3.07. The first-order chi connectivity index (χ1) is 4.06. The first-order valence-electron chi connectivity index (χ1n) is 3.50. The van der Waals surface area contributed by atoms with Gasteiger partial charge in [0, 0.05) is 5.54 Å². The van der Waals surface area contributed by atoms with E-state index in [1.807, 2.05) is 7.05 Å². The van der Waals surface area contributed by atoms with Crippen molar-refractivity contribution in [2.24, 2.45) is 5.73 Å². The highest BCUT2D eigenvalue weighted by atomic mass is 14.8. The van der Waals surface area contributed by atoms with Crippen LogP contribution in [0.15, 0.2) is 0 Å². The van der Waals surface area contributed by atoms with Crippen LogP contribution >= 0.6 is 0 Å². The number of nitrogens with two attached hydrogens (primary N) is 1. The van der Waals surface area contributed by atoms with Gasteiger partial charge in [0.1, 0.15) is 0 Å². The fourth-order valence-corrected chi connectivity index (χ4v) is 0.721. The minimum atomic E-state index is 0.0108. The molecule has 0 bridgehead atoms. The van der Waals surface area contributed by atoms with Crippen molar-refractivity contribution >= 4 is 0 Å². The van der Waals surface area contributed by atoms with E-state index in [0.717, 1.165) is 13.0 Å². The highest BCUT2D eigenvalue weighted by molar-refractivity contribution is 4.71. The van der Waals surface area contributed by atoms with Gasteiger partial charge in [-0.2, -0.15) is 0 Å². The Bertz CT molecular complexity index is 63.8. The molecule has 0 aromatic carbocycles. The van der Waals surface area contributed by atoms with Gasteiger partial charge in [-0.1, -0.05) is 0 Å². The SMILES string of the molecule is CNCCCC(C)(C)N. The molecular weight excluding hydrogens is 112 g/mol. The second-order valence-corrected chi connectivity index (χ2v) is 3.20. The summed E-state index contributed by atoms with van der Waals surface area (Å²) in [5.41, 5.74) is 5.76. The fraction of sp³-hybridized carbons (Fsp3) is 1.00. The Labute approximate surface area is 57.8 Å². The fourth-order valence-electron chi connectivity index (χ4n) is 0.721. The third-order valence-corrected chi connectivity index (χ3v) is 1.25. The summed E-state index contributed by atoms with van der Waals surface area (Å²) in [6.07, 6.45) is 2.26. The monoisotopic (exact) mass is 130 g/mol. The standard InChI is InChI=1S/C7H18N2/c1-7(2,8)5-4-6-9-3/h9H,4-6,8H2,1-3H3. The molecule has 0 fully saturated rings. The van der Waals surface area contributed by atoms with Crippen molar-refractivity contribution in [3.05, 3.63) is 0 Å². The summed E-state index contributed by atoms with van der Waals surface area (Å²) >= 11 is 0. The Morgan fingerprint density at radius 3 is 2.33 bits per heavy atom. The van der Waals surface area contributed by atoms with E-state index >= 15 is 0 Å². The van der Waals surface area contributed by atoms with Crippen molar-refractivity contribution < 1.29 is 0 Å². The predicted molar refractivity (Wildman–Crippen MR) is 41.4 cm³/mol. The molecule has 0 saturated carbocycles. The second-order valence-electron chi connectivity index (χ2n) is 3.20. The van der Waals surface area contributed by atoms with Crippen LogP contribution in [-0.4, -0.2) is 19.1 Å². The quantitative estimate of drug-likeness (QED) is 0.550. The van der Waals surface area contributed by atoms with Crippen molar-refractivity contribution in [2.45, 2.75) is 32.2 Å². The minimum Gasteiger partial charge on any atom is -0.326 e. The topological polar surface area (TPSA) is 38.0 Å². The summed E-state index contributed by atoms with van der Waals surface area (Å²) in [6.45, 7) is 5.19. The molecule has 0 aliphatic heterocycles. The lowest BCUT2D eigenvalue weighted by atomic mass is 10.0. The van der Waals surface area contributed by atoms with Gasteiger partial charge in [-0.25, -0.2) is 0 Å². The molecule has 0 atom stereocenters. The summed E-state index contributed by atoms with van der Waals surface area (Å²) in [6, 6.07) is 0. The van der Waals surface area contributed by atoms with Crippen LogP contribution in [0.4, 0.5) is 0 Å². The molecule has 0 rings (SSSR count). The van der Waals surface area contributed by atoms with Gasteiger partial charge in [-0.15, -0.1) is 0 Å². The maximum atomic E-state index is 5.75. The third-order valence-electron chi connectivity index (χ3n) is 1.25.